The molecule has 0 saturated carbocycles. The summed E-state index contributed by atoms with van der Waals surface area (Å²) >= 11 is 0. The van der Waals surface area contributed by atoms with Gasteiger partial charge < -0.3 is 47.3 Å². The number of aliphatic imine (C=N–C) groups is 2. The van der Waals surface area contributed by atoms with E-state index in [0.29, 0.717) is 0 Å². The number of carbonyl (C=O) groups excluding carboxylic acids is 2. The third kappa shape index (κ3) is 4.39. The predicted octanol–water partition coefficient (Wildman–Crippen LogP) is -1.06. The highest BCUT2D eigenvalue weighted by Crippen LogP contribution is 2.49. The first kappa shape index (κ1) is 28.5. The van der Waals surface area contributed by atoms with Crippen molar-refractivity contribution in [1.82, 2.24) is 25.8 Å². The smallest absolute Gasteiger partial charge is 0.280 e. The van der Waals surface area contributed by atoms with Crippen molar-refractivity contribution in [3.63, 3.8) is 0 Å². The maximum atomic E-state index is 14.9. The molecule has 0 aliphatic carbocycles. The van der Waals surface area contributed by atoms with Crippen LogP contribution in [0, 0.1) is 0 Å². The third-order valence-electron chi connectivity index (χ3n) is 8.16. The molecule has 1 unspecified atom stereocenters. The van der Waals surface area contributed by atoms with Gasteiger partial charge in [-0.2, -0.15) is 0 Å². The van der Waals surface area contributed by atoms with E-state index in [1.165, 1.54) is 49.2 Å². The molecule has 9 N–H and O–H groups in total. The van der Waals surface area contributed by atoms with E-state index in [0.717, 1.165) is 0 Å². The maximum Gasteiger partial charge on any atom is 0.280 e. The van der Waals surface area contributed by atoms with E-state index >= 15 is 0 Å². The number of aliphatic hydroxyl groups is 2. The fourth-order valence-corrected chi connectivity index (χ4v) is 6.33. The number of hydrogen-bond acceptors (Lipinski definition) is 12. The molecule has 5 heterocycles. The fraction of sp³-hybridized carbons (Fsp3) is 0.444. The molecule has 1 spiro atoms. The number of fused-ring (bicyclic) bond motifs is 1. The number of para-hydroxylation sites is 1. The Kier molecular flexibility index (Phi) is 6.29. The zero-order valence-corrected chi connectivity index (χ0v) is 23.2. The van der Waals surface area contributed by atoms with E-state index in [1.807, 2.05) is 0 Å². The van der Waals surface area contributed by atoms with Crippen molar-refractivity contribution in [2.75, 3.05) is 13.1 Å². The minimum absolute atomic E-state index is 0.112. The molecule has 0 bridgehead atoms. The van der Waals surface area contributed by atoms with Crippen molar-refractivity contribution in [3.8, 4) is 5.75 Å². The molecule has 4 atom stereocenters. The summed E-state index contributed by atoms with van der Waals surface area (Å²) in [5.74, 6) is -7.96. The lowest BCUT2D eigenvalue weighted by Gasteiger charge is -2.49. The molecule has 4 aliphatic heterocycles. The number of rotatable bonds is 5. The number of amides is 2. The van der Waals surface area contributed by atoms with Crippen LogP contribution in [0.4, 0.5) is 8.78 Å². The molecule has 2 aromatic rings. The molecule has 228 valence electrons. The van der Waals surface area contributed by atoms with E-state index in [2.05, 4.69) is 30.9 Å². The number of nitrogens with one attached hydrogen (secondary N) is 3. The van der Waals surface area contributed by atoms with Crippen molar-refractivity contribution >= 4 is 23.7 Å². The van der Waals surface area contributed by atoms with Crippen LogP contribution in [-0.4, -0.2) is 92.1 Å². The van der Waals surface area contributed by atoms with Gasteiger partial charge in [0.15, 0.2) is 17.6 Å². The molecule has 2 amide bonds. The first-order chi connectivity index (χ1) is 20.2. The summed E-state index contributed by atoms with van der Waals surface area (Å²) in [5, 5.41) is 31.4. The Hall–Kier alpha value is -4.57. The van der Waals surface area contributed by atoms with Crippen LogP contribution in [0.25, 0.3) is 0 Å². The summed E-state index contributed by atoms with van der Waals surface area (Å²) in [6.45, 7) is 2.61. The van der Waals surface area contributed by atoms with Crippen LogP contribution in [0.15, 0.2) is 52.6 Å². The number of hydrogen-bond donors (Lipinski definition) is 7. The van der Waals surface area contributed by atoms with E-state index in [-0.39, 0.29) is 42.0 Å². The van der Waals surface area contributed by atoms with Gasteiger partial charge in [0.1, 0.15) is 29.1 Å². The Morgan fingerprint density at radius 3 is 2.63 bits per heavy atom. The van der Waals surface area contributed by atoms with Crippen LogP contribution >= 0.6 is 0 Å². The van der Waals surface area contributed by atoms with Gasteiger partial charge >= 0.3 is 0 Å². The average molecular weight is 600 g/mol. The molecule has 1 saturated heterocycles. The van der Waals surface area contributed by atoms with Crippen LogP contribution in [0.1, 0.15) is 46.7 Å². The molecular weight excluding hydrogens is 568 g/mol. The van der Waals surface area contributed by atoms with Crippen molar-refractivity contribution < 1.29 is 33.3 Å². The minimum Gasteiger partial charge on any atom is -0.486 e. The molecule has 1 aromatic carbocycles. The summed E-state index contributed by atoms with van der Waals surface area (Å²) in [7, 11) is 0. The van der Waals surface area contributed by atoms with Gasteiger partial charge in [0.2, 0.25) is 5.79 Å². The van der Waals surface area contributed by atoms with E-state index in [1.54, 1.807) is 12.1 Å². The van der Waals surface area contributed by atoms with Crippen molar-refractivity contribution in [1.29, 1.82) is 0 Å². The molecule has 0 radical (unpaired) electrons. The molecule has 43 heavy (non-hydrogen) atoms. The van der Waals surface area contributed by atoms with Gasteiger partial charge in [-0.15, -0.1) is 0 Å². The number of aromatic nitrogens is 1. The van der Waals surface area contributed by atoms with Crippen molar-refractivity contribution in [3.05, 3.63) is 59.4 Å². The molecule has 4 aliphatic rings. The van der Waals surface area contributed by atoms with Crippen LogP contribution in [0.5, 0.6) is 5.75 Å². The normalized spacial score (nSPS) is 29.1. The zero-order chi connectivity index (χ0) is 30.9. The Morgan fingerprint density at radius 1 is 1.14 bits per heavy atom. The van der Waals surface area contributed by atoms with E-state index in [4.69, 9.17) is 16.2 Å². The summed E-state index contributed by atoms with van der Waals surface area (Å²) < 4.78 is 35.7. The van der Waals surface area contributed by atoms with Gasteiger partial charge in [-0.3, -0.25) is 14.6 Å². The first-order valence-corrected chi connectivity index (χ1v) is 13.5. The Bertz CT molecular complexity index is 1550. The quantitative estimate of drug-likeness (QED) is 0.207. The van der Waals surface area contributed by atoms with Crippen LogP contribution in [-0.2, 0) is 5.92 Å². The van der Waals surface area contributed by atoms with Gasteiger partial charge in [-0.1, -0.05) is 12.1 Å². The zero-order valence-electron chi connectivity index (χ0n) is 23.2. The molecule has 1 fully saturated rings. The van der Waals surface area contributed by atoms with Crippen molar-refractivity contribution in [2.24, 2.45) is 21.5 Å². The fourth-order valence-electron chi connectivity index (χ4n) is 6.33. The number of alkyl halides is 2. The number of ether oxygens (including phenoxy) is 1. The summed E-state index contributed by atoms with van der Waals surface area (Å²) in [4.78, 5) is 40.3. The van der Waals surface area contributed by atoms with Crippen LogP contribution in [0.2, 0.25) is 0 Å². The van der Waals surface area contributed by atoms with Gasteiger partial charge in [0, 0.05) is 19.3 Å². The molecular formula is C27H31F2N9O5. The summed E-state index contributed by atoms with van der Waals surface area (Å²) in [6.07, 6.45) is 0.887. The van der Waals surface area contributed by atoms with Crippen LogP contribution < -0.4 is 32.2 Å². The summed E-state index contributed by atoms with van der Waals surface area (Å²) in [5.41, 5.74) is 8.66. The number of pyridine rings is 1. The number of nitrogens with two attached hydrogens (primary N) is 2. The molecule has 6 rings (SSSR count). The monoisotopic (exact) mass is 599 g/mol. The topological polar surface area (TPSA) is 213 Å². The second kappa shape index (κ2) is 9.47. The number of halogens is 2. The highest BCUT2D eigenvalue weighted by molar-refractivity contribution is 5.98. The predicted molar refractivity (Wildman–Crippen MR) is 148 cm³/mol. The molecule has 14 nitrogen and oxygen atoms in total. The highest BCUT2D eigenvalue weighted by Gasteiger charge is 2.73. The van der Waals surface area contributed by atoms with Gasteiger partial charge in [-0.05, 0) is 38.1 Å². The van der Waals surface area contributed by atoms with Gasteiger partial charge in [0.05, 0.1) is 23.6 Å². The van der Waals surface area contributed by atoms with Gasteiger partial charge in [0.25, 0.3) is 17.7 Å². The van der Waals surface area contributed by atoms with Crippen LogP contribution in [0.3, 0.4) is 0 Å². The Labute approximate surface area is 244 Å². The van der Waals surface area contributed by atoms with Crippen molar-refractivity contribution in [2.45, 2.75) is 61.4 Å². The SMILES string of the molecule is CC1(C)CC(F)(F)c2cccc(C(=O)NC3CN4C(N)=N[C@@H](CNC(=O)c5ccccn5)[C@@H]5N=C(N)N[C@@]54C3(O)O)c2O1. The standard InChI is InChI=1S/C27H31F2N9O5/c1-24(2)12-25(28,29)14-7-5-6-13(18(14)43-24)20(39)35-17-11-38-23(31)34-16(10-33-21(40)15-8-3-4-9-32-15)19-26(38,27(17,41)42)37-22(30)36-19/h3-9,16-17,19,41-42H,10-12H2,1-2H3,(H2,31,34)(H,33,40)(H,35,39)(H3,30,36,37)/t16-,17?,19-,26-/m0/s1. The lowest BCUT2D eigenvalue weighted by molar-refractivity contribution is -0.230. The number of benzene rings is 1. The second-order valence-corrected chi connectivity index (χ2v) is 11.6. The second-order valence-electron chi connectivity index (χ2n) is 11.6. The van der Waals surface area contributed by atoms with Gasteiger partial charge in [-0.25, -0.2) is 18.8 Å². The highest BCUT2D eigenvalue weighted by atomic mass is 19.3. The Balaban J connectivity index is 1.28. The lowest BCUT2D eigenvalue weighted by Crippen LogP contribution is -2.78. The first-order valence-electron chi connectivity index (χ1n) is 13.5. The summed E-state index contributed by atoms with van der Waals surface area (Å²) in [6, 6.07) is 5.25. The largest absolute Gasteiger partial charge is 0.486 e. The minimum atomic E-state index is -3.25. The van der Waals surface area contributed by atoms with E-state index in [9.17, 15) is 28.6 Å². The third-order valence-corrected chi connectivity index (χ3v) is 8.16. The lowest BCUT2D eigenvalue weighted by atomic mass is 9.85. The molecule has 1 aromatic heterocycles. The average Bonchev–Trinajstić information content (AvgIpc) is 3.40. The number of nitrogens with zero attached hydrogens (tertiary/aromatic N) is 4. The van der Waals surface area contributed by atoms with E-state index < -0.39 is 64.9 Å². The number of guanidine groups is 2. The Morgan fingerprint density at radius 2 is 1.91 bits per heavy atom. The molecule has 16 heteroatoms. The number of carbonyl (C=O) groups is 2. The maximum absolute atomic E-state index is 14.9.